The summed E-state index contributed by atoms with van der Waals surface area (Å²) in [6.45, 7) is 7.24. The monoisotopic (exact) mass is 356 g/mol. The predicted molar refractivity (Wildman–Crippen MR) is 104 cm³/mol. The van der Waals surface area contributed by atoms with E-state index in [9.17, 15) is 4.79 Å². The molecule has 1 heterocycles. The zero-order chi connectivity index (χ0) is 18.6. The molecule has 1 fully saturated rings. The van der Waals surface area contributed by atoms with Crippen LogP contribution < -0.4 is 10.1 Å². The number of rotatable bonds is 6. The minimum absolute atomic E-state index is 0.0550. The van der Waals surface area contributed by atoms with Gasteiger partial charge in [-0.05, 0) is 69.7 Å². The normalized spacial score (nSPS) is 23.0. The van der Waals surface area contributed by atoms with Gasteiger partial charge in [0.2, 0.25) is 0 Å². The van der Waals surface area contributed by atoms with Gasteiger partial charge in [0.1, 0.15) is 16.9 Å². The lowest BCUT2D eigenvalue weighted by Gasteiger charge is -2.37. The fraction of sp³-hybridized carbons (Fsp3) is 0.524. The van der Waals surface area contributed by atoms with Gasteiger partial charge in [-0.15, -0.1) is 0 Å². The van der Waals surface area contributed by atoms with E-state index < -0.39 is 5.60 Å². The molecule has 26 heavy (non-hydrogen) atoms. The molecular weight excluding hydrogens is 328 g/mol. The molecule has 1 aliphatic carbocycles. The lowest BCUT2D eigenvalue weighted by Crippen LogP contribution is -2.48. The lowest BCUT2D eigenvalue weighted by molar-refractivity contribution is -0.146. The van der Waals surface area contributed by atoms with Crippen LogP contribution in [-0.2, 0) is 9.53 Å². The molecule has 3 rings (SSSR count). The van der Waals surface area contributed by atoms with Gasteiger partial charge in [-0.1, -0.05) is 6.92 Å². The Bertz CT molecular complexity index is 767. The summed E-state index contributed by atoms with van der Waals surface area (Å²) in [5.74, 6) is 1.32. The largest absolute Gasteiger partial charge is 0.492 e. The third kappa shape index (κ3) is 3.68. The van der Waals surface area contributed by atoms with Crippen molar-refractivity contribution in [3.63, 3.8) is 0 Å². The van der Waals surface area contributed by atoms with E-state index >= 15 is 0 Å². The average Bonchev–Trinajstić information content (AvgIpc) is 2.66. The second-order valence-corrected chi connectivity index (χ2v) is 7.01. The number of aromatic nitrogens is 1. The molecule has 5 nitrogen and oxygen atoms in total. The van der Waals surface area contributed by atoms with Crippen molar-refractivity contribution in [3.8, 4) is 5.75 Å². The van der Waals surface area contributed by atoms with Crippen molar-refractivity contribution in [2.45, 2.75) is 52.1 Å². The van der Waals surface area contributed by atoms with E-state index in [1.807, 2.05) is 38.1 Å². The number of carbonyl (C=O) groups is 1. The Balaban J connectivity index is 1.90. The highest BCUT2D eigenvalue weighted by molar-refractivity contribution is 6.05. The minimum Gasteiger partial charge on any atom is -0.492 e. The zero-order valence-electron chi connectivity index (χ0n) is 15.9. The number of nitrogens with one attached hydrogen (secondary N) is 1. The molecule has 0 atom stereocenters. The summed E-state index contributed by atoms with van der Waals surface area (Å²) in [6, 6.07) is 7.58. The molecule has 140 valence electrons. The topological polar surface area (TPSA) is 60.5 Å². The van der Waals surface area contributed by atoms with Crippen LogP contribution in [0.15, 0.2) is 30.5 Å². The molecule has 1 aromatic carbocycles. The number of amides is 1. The van der Waals surface area contributed by atoms with Crippen LogP contribution in [-0.4, -0.2) is 29.7 Å². The Kier molecular flexibility index (Phi) is 5.77. The summed E-state index contributed by atoms with van der Waals surface area (Å²) in [6.07, 6.45) is 5.29. The Labute approximate surface area is 155 Å². The third-order valence-electron chi connectivity index (χ3n) is 5.20. The van der Waals surface area contributed by atoms with Crippen LogP contribution >= 0.6 is 0 Å². The number of nitrogens with zero attached hydrogens (tertiary/aromatic N) is 1. The van der Waals surface area contributed by atoms with Crippen molar-refractivity contribution >= 4 is 22.5 Å². The van der Waals surface area contributed by atoms with E-state index in [1.165, 1.54) is 0 Å². The number of ether oxygens (including phenoxy) is 2. The summed E-state index contributed by atoms with van der Waals surface area (Å²) in [5.41, 5.74) is 0.781. The van der Waals surface area contributed by atoms with Crippen LogP contribution in [0.5, 0.6) is 5.75 Å². The van der Waals surface area contributed by atoms with Crippen LogP contribution in [0.4, 0.5) is 5.69 Å². The van der Waals surface area contributed by atoms with Gasteiger partial charge < -0.3 is 14.8 Å². The highest BCUT2D eigenvalue weighted by Gasteiger charge is 2.42. The molecular formula is C21H28N2O3. The minimum atomic E-state index is -0.728. The Morgan fingerprint density at radius 1 is 1.23 bits per heavy atom. The molecule has 1 aromatic heterocycles. The second-order valence-electron chi connectivity index (χ2n) is 7.01. The predicted octanol–water partition coefficient (Wildman–Crippen LogP) is 4.56. The maximum Gasteiger partial charge on any atom is 0.256 e. The van der Waals surface area contributed by atoms with Gasteiger partial charge in [-0.25, -0.2) is 0 Å². The van der Waals surface area contributed by atoms with Gasteiger partial charge in [0.15, 0.2) is 0 Å². The summed E-state index contributed by atoms with van der Waals surface area (Å²) in [5, 5.41) is 3.98. The van der Waals surface area contributed by atoms with Gasteiger partial charge >= 0.3 is 0 Å². The second kappa shape index (κ2) is 8.04. The summed E-state index contributed by atoms with van der Waals surface area (Å²) in [7, 11) is 0. The van der Waals surface area contributed by atoms with Crippen molar-refractivity contribution in [1.29, 1.82) is 0 Å². The average molecular weight is 356 g/mol. The Morgan fingerprint density at radius 2 is 2.00 bits per heavy atom. The standard InChI is InChI=1S/C21H28N2O3/c1-4-25-18-9-8-17(16-7-6-14-22-19(16)18)23-20(24)21(26-5-2)12-10-15(3)11-13-21/h6-9,14-15H,4-5,10-13H2,1-3H3,(H,23,24). The first-order valence-electron chi connectivity index (χ1n) is 9.55. The highest BCUT2D eigenvalue weighted by atomic mass is 16.5. The van der Waals surface area contributed by atoms with E-state index in [-0.39, 0.29) is 5.91 Å². The quantitative estimate of drug-likeness (QED) is 0.824. The van der Waals surface area contributed by atoms with E-state index in [2.05, 4.69) is 17.2 Å². The van der Waals surface area contributed by atoms with E-state index in [0.717, 1.165) is 48.0 Å². The van der Waals surface area contributed by atoms with Gasteiger partial charge in [0, 0.05) is 18.2 Å². The fourth-order valence-corrected chi connectivity index (χ4v) is 3.71. The molecule has 1 aliphatic rings. The molecule has 1 saturated carbocycles. The first kappa shape index (κ1) is 18.6. The van der Waals surface area contributed by atoms with Crippen molar-refractivity contribution in [3.05, 3.63) is 30.5 Å². The summed E-state index contributed by atoms with van der Waals surface area (Å²) in [4.78, 5) is 17.6. The van der Waals surface area contributed by atoms with Crippen LogP contribution in [0.25, 0.3) is 10.9 Å². The molecule has 0 radical (unpaired) electrons. The maximum atomic E-state index is 13.2. The summed E-state index contributed by atoms with van der Waals surface area (Å²) >= 11 is 0. The Hall–Kier alpha value is -2.14. The van der Waals surface area contributed by atoms with Gasteiger partial charge in [-0.3, -0.25) is 9.78 Å². The molecule has 2 aromatic rings. The number of hydrogen-bond donors (Lipinski definition) is 1. The van der Waals surface area contributed by atoms with Crippen LogP contribution in [0, 0.1) is 5.92 Å². The number of benzene rings is 1. The SMILES string of the molecule is CCOc1ccc(NC(=O)C2(OCC)CCC(C)CC2)c2cccnc12. The smallest absolute Gasteiger partial charge is 0.256 e. The van der Waals surface area contributed by atoms with Crippen molar-refractivity contribution in [1.82, 2.24) is 4.98 Å². The van der Waals surface area contributed by atoms with E-state index in [1.54, 1.807) is 6.20 Å². The van der Waals surface area contributed by atoms with Gasteiger partial charge in [-0.2, -0.15) is 0 Å². The van der Waals surface area contributed by atoms with E-state index in [4.69, 9.17) is 9.47 Å². The maximum absolute atomic E-state index is 13.2. The molecule has 1 N–H and O–H groups in total. The molecule has 1 amide bonds. The summed E-state index contributed by atoms with van der Waals surface area (Å²) < 4.78 is 11.6. The highest BCUT2D eigenvalue weighted by Crippen LogP contribution is 2.37. The molecule has 0 bridgehead atoms. The third-order valence-corrected chi connectivity index (χ3v) is 5.20. The van der Waals surface area contributed by atoms with Crippen LogP contribution in [0.3, 0.4) is 0 Å². The number of fused-ring (bicyclic) bond motifs is 1. The van der Waals surface area contributed by atoms with Crippen LogP contribution in [0.2, 0.25) is 0 Å². The first-order chi connectivity index (χ1) is 12.6. The van der Waals surface area contributed by atoms with Crippen molar-refractivity contribution in [2.24, 2.45) is 5.92 Å². The number of anilines is 1. The van der Waals surface area contributed by atoms with Crippen molar-refractivity contribution < 1.29 is 14.3 Å². The fourth-order valence-electron chi connectivity index (χ4n) is 3.71. The molecule has 0 saturated heterocycles. The van der Waals surface area contributed by atoms with Gasteiger partial charge in [0.25, 0.3) is 5.91 Å². The lowest BCUT2D eigenvalue weighted by atomic mass is 9.78. The van der Waals surface area contributed by atoms with Gasteiger partial charge in [0.05, 0.1) is 12.3 Å². The molecule has 5 heteroatoms. The van der Waals surface area contributed by atoms with Crippen molar-refractivity contribution in [2.75, 3.05) is 18.5 Å². The number of pyridine rings is 1. The Morgan fingerprint density at radius 3 is 2.69 bits per heavy atom. The molecule has 0 spiro atoms. The molecule has 0 unspecified atom stereocenters. The molecule has 0 aliphatic heterocycles. The van der Waals surface area contributed by atoms with E-state index in [0.29, 0.717) is 19.1 Å². The zero-order valence-corrected chi connectivity index (χ0v) is 15.9. The number of hydrogen-bond acceptors (Lipinski definition) is 4. The number of carbonyl (C=O) groups excluding carboxylic acids is 1. The first-order valence-corrected chi connectivity index (χ1v) is 9.55. The van der Waals surface area contributed by atoms with Crippen LogP contribution in [0.1, 0.15) is 46.5 Å².